The Balaban J connectivity index is 2.02. The molecule has 0 unspecified atom stereocenters. The normalized spacial score (nSPS) is 10.4. The van der Waals surface area contributed by atoms with E-state index in [0.29, 0.717) is 6.54 Å². The number of aryl methyl sites for hydroxylation is 1. The molecule has 14 heavy (non-hydrogen) atoms. The van der Waals surface area contributed by atoms with Crippen LogP contribution >= 0.6 is 22.9 Å². The summed E-state index contributed by atoms with van der Waals surface area (Å²) in [6, 6.07) is 1.89. The van der Waals surface area contributed by atoms with Gasteiger partial charge < -0.3 is 9.84 Å². The van der Waals surface area contributed by atoms with Gasteiger partial charge in [0.2, 0.25) is 0 Å². The van der Waals surface area contributed by atoms with Crippen molar-refractivity contribution < 1.29 is 4.52 Å². The molecule has 2 aromatic rings. The summed E-state index contributed by atoms with van der Waals surface area (Å²) in [4.78, 5) is 1.12. The van der Waals surface area contributed by atoms with Gasteiger partial charge in [0.15, 0.2) is 5.76 Å². The lowest BCUT2D eigenvalue weighted by Gasteiger charge is -2.01. The standard InChI is InChI=1S/C9H9ClN2OS/c1-6-8(4-12-13-6)11-5-9-7(10)2-3-14-9/h2-4,11H,5H2,1H3. The van der Waals surface area contributed by atoms with E-state index in [1.165, 1.54) is 0 Å². The summed E-state index contributed by atoms with van der Waals surface area (Å²) in [6.07, 6.45) is 1.66. The van der Waals surface area contributed by atoms with E-state index >= 15 is 0 Å². The molecule has 0 saturated heterocycles. The molecule has 0 bridgehead atoms. The number of aromatic nitrogens is 1. The highest BCUT2D eigenvalue weighted by Gasteiger charge is 2.04. The summed E-state index contributed by atoms with van der Waals surface area (Å²) in [5, 5.41) is 9.66. The molecule has 2 rings (SSSR count). The molecule has 0 aliphatic carbocycles. The predicted molar refractivity (Wildman–Crippen MR) is 57.9 cm³/mol. The molecule has 1 N–H and O–H groups in total. The fourth-order valence-electron chi connectivity index (χ4n) is 1.10. The van der Waals surface area contributed by atoms with Gasteiger partial charge in [-0.1, -0.05) is 16.8 Å². The van der Waals surface area contributed by atoms with Crippen LogP contribution in [0.15, 0.2) is 22.2 Å². The maximum atomic E-state index is 5.95. The van der Waals surface area contributed by atoms with Crippen molar-refractivity contribution in [3.63, 3.8) is 0 Å². The third-order valence-electron chi connectivity index (χ3n) is 1.88. The first-order valence-corrected chi connectivity index (χ1v) is 5.40. The Kier molecular flexibility index (Phi) is 2.74. The van der Waals surface area contributed by atoms with Gasteiger partial charge in [0.05, 0.1) is 23.5 Å². The summed E-state index contributed by atoms with van der Waals surface area (Å²) < 4.78 is 4.92. The number of thiophene rings is 1. The van der Waals surface area contributed by atoms with Crippen LogP contribution in [0.1, 0.15) is 10.6 Å². The third-order valence-corrected chi connectivity index (χ3v) is 3.27. The lowest BCUT2D eigenvalue weighted by atomic mass is 10.4. The maximum Gasteiger partial charge on any atom is 0.156 e. The molecule has 0 fully saturated rings. The van der Waals surface area contributed by atoms with Crippen molar-refractivity contribution in [3.8, 4) is 0 Å². The number of rotatable bonds is 3. The molecule has 74 valence electrons. The van der Waals surface area contributed by atoms with Crippen LogP contribution in [0.25, 0.3) is 0 Å². The molecule has 0 saturated carbocycles. The second kappa shape index (κ2) is 4.02. The van der Waals surface area contributed by atoms with Gasteiger partial charge >= 0.3 is 0 Å². The van der Waals surface area contributed by atoms with E-state index in [1.807, 2.05) is 18.4 Å². The molecule has 5 heteroatoms. The molecule has 0 radical (unpaired) electrons. The van der Waals surface area contributed by atoms with Crippen LogP contribution in [-0.2, 0) is 6.54 Å². The Hall–Kier alpha value is -1.00. The highest BCUT2D eigenvalue weighted by atomic mass is 35.5. The molecule has 0 aliphatic rings. The van der Waals surface area contributed by atoms with Crippen LogP contribution in [0.2, 0.25) is 5.02 Å². The van der Waals surface area contributed by atoms with Gasteiger partial charge in [-0.05, 0) is 18.4 Å². The van der Waals surface area contributed by atoms with Gasteiger partial charge in [-0.15, -0.1) is 11.3 Å². The van der Waals surface area contributed by atoms with E-state index in [-0.39, 0.29) is 0 Å². The van der Waals surface area contributed by atoms with Crippen LogP contribution in [0.5, 0.6) is 0 Å². The van der Waals surface area contributed by atoms with Crippen molar-refractivity contribution in [2.75, 3.05) is 5.32 Å². The summed E-state index contributed by atoms with van der Waals surface area (Å²) in [5.41, 5.74) is 0.912. The maximum absolute atomic E-state index is 5.95. The monoisotopic (exact) mass is 228 g/mol. The van der Waals surface area contributed by atoms with Gasteiger partial charge in [0, 0.05) is 4.88 Å². The largest absolute Gasteiger partial charge is 0.376 e. The average molecular weight is 229 g/mol. The lowest BCUT2D eigenvalue weighted by molar-refractivity contribution is 0.398. The number of nitrogens with one attached hydrogen (secondary N) is 1. The molecular formula is C9H9ClN2OS. The Morgan fingerprint density at radius 3 is 3.07 bits per heavy atom. The fourth-order valence-corrected chi connectivity index (χ4v) is 2.14. The van der Waals surface area contributed by atoms with Crippen LogP contribution < -0.4 is 5.32 Å². The highest BCUT2D eigenvalue weighted by Crippen LogP contribution is 2.23. The molecule has 0 spiro atoms. The van der Waals surface area contributed by atoms with Crippen LogP contribution in [0.4, 0.5) is 5.69 Å². The summed E-state index contributed by atoms with van der Waals surface area (Å²) in [6.45, 7) is 2.57. The van der Waals surface area contributed by atoms with Gasteiger partial charge in [0.25, 0.3) is 0 Å². The number of halogens is 1. The van der Waals surface area contributed by atoms with Crippen LogP contribution in [0.3, 0.4) is 0 Å². The van der Waals surface area contributed by atoms with Crippen molar-refractivity contribution in [1.82, 2.24) is 5.16 Å². The Labute approximate surface area is 90.7 Å². The Bertz CT molecular complexity index is 384. The van der Waals surface area contributed by atoms with Gasteiger partial charge in [-0.3, -0.25) is 0 Å². The minimum absolute atomic E-state index is 0.707. The molecule has 0 atom stereocenters. The molecule has 0 amide bonds. The van der Waals surface area contributed by atoms with Crippen molar-refractivity contribution in [2.24, 2.45) is 0 Å². The quantitative estimate of drug-likeness (QED) is 0.876. The van der Waals surface area contributed by atoms with Crippen molar-refractivity contribution in [1.29, 1.82) is 0 Å². The second-order valence-corrected chi connectivity index (χ2v) is 4.25. The third kappa shape index (κ3) is 1.91. The zero-order chi connectivity index (χ0) is 9.97. The molecule has 0 aliphatic heterocycles. The fraction of sp³-hybridized carbons (Fsp3) is 0.222. The molecule has 2 heterocycles. The summed E-state index contributed by atoms with van der Waals surface area (Å²) in [5.74, 6) is 0.790. The summed E-state index contributed by atoms with van der Waals surface area (Å²) in [7, 11) is 0. The van der Waals surface area contributed by atoms with Crippen LogP contribution in [0, 0.1) is 6.92 Å². The van der Waals surface area contributed by atoms with E-state index in [2.05, 4.69) is 10.5 Å². The number of hydrogen-bond donors (Lipinski definition) is 1. The minimum Gasteiger partial charge on any atom is -0.376 e. The lowest BCUT2D eigenvalue weighted by Crippen LogP contribution is -1.97. The minimum atomic E-state index is 0.707. The Morgan fingerprint density at radius 1 is 1.64 bits per heavy atom. The SMILES string of the molecule is Cc1oncc1NCc1sccc1Cl. The average Bonchev–Trinajstić information content (AvgIpc) is 2.72. The molecule has 0 aromatic carbocycles. The first-order valence-electron chi connectivity index (χ1n) is 4.14. The molecule has 3 nitrogen and oxygen atoms in total. The van der Waals surface area contributed by atoms with Crippen molar-refractivity contribution in [3.05, 3.63) is 33.3 Å². The van der Waals surface area contributed by atoms with E-state index in [4.69, 9.17) is 16.1 Å². The number of hydrogen-bond acceptors (Lipinski definition) is 4. The van der Waals surface area contributed by atoms with Gasteiger partial charge in [-0.25, -0.2) is 0 Å². The number of nitrogens with zero attached hydrogens (tertiary/aromatic N) is 1. The Morgan fingerprint density at radius 2 is 2.50 bits per heavy atom. The molecular weight excluding hydrogens is 220 g/mol. The smallest absolute Gasteiger partial charge is 0.156 e. The van der Waals surface area contributed by atoms with Crippen molar-refractivity contribution >= 4 is 28.6 Å². The topological polar surface area (TPSA) is 38.1 Å². The second-order valence-electron chi connectivity index (χ2n) is 2.84. The zero-order valence-corrected chi connectivity index (χ0v) is 9.15. The van der Waals surface area contributed by atoms with E-state index in [9.17, 15) is 0 Å². The van der Waals surface area contributed by atoms with Gasteiger partial charge in [-0.2, -0.15) is 0 Å². The van der Waals surface area contributed by atoms with E-state index in [1.54, 1.807) is 17.5 Å². The first-order chi connectivity index (χ1) is 6.77. The van der Waals surface area contributed by atoms with Crippen LogP contribution in [-0.4, -0.2) is 5.16 Å². The zero-order valence-electron chi connectivity index (χ0n) is 7.58. The van der Waals surface area contributed by atoms with E-state index < -0.39 is 0 Å². The first kappa shape index (κ1) is 9.55. The number of anilines is 1. The predicted octanol–water partition coefficient (Wildman–Crippen LogP) is 3.31. The van der Waals surface area contributed by atoms with Gasteiger partial charge in [0.1, 0.15) is 0 Å². The molecule has 2 aromatic heterocycles. The van der Waals surface area contributed by atoms with E-state index in [0.717, 1.165) is 21.3 Å². The summed E-state index contributed by atoms with van der Waals surface area (Å²) >= 11 is 7.58. The van der Waals surface area contributed by atoms with Crippen molar-refractivity contribution in [2.45, 2.75) is 13.5 Å². The highest BCUT2D eigenvalue weighted by molar-refractivity contribution is 7.10.